The molecule has 0 amide bonds. The molecule has 3 N–H and O–H groups in total. The van der Waals surface area contributed by atoms with Crippen molar-refractivity contribution < 1.29 is 0 Å². The molecule has 1 aliphatic rings. The van der Waals surface area contributed by atoms with E-state index < -0.39 is 0 Å². The van der Waals surface area contributed by atoms with Crippen LogP contribution in [0.3, 0.4) is 0 Å². The molecule has 0 atom stereocenters. The lowest BCUT2D eigenvalue weighted by atomic mass is 10.0. The topological polar surface area (TPSA) is 38.0 Å². The molecule has 0 saturated heterocycles. The standard InChI is InChI=1S/C9H12N2.2BrH/c10-9-2-1-7-3-4-11-6-8(7)5-9;;/h1-2,5,11H,3-4,6,10H2;2*1H. The second-order valence-corrected chi connectivity index (χ2v) is 2.95. The van der Waals surface area contributed by atoms with E-state index in [9.17, 15) is 0 Å². The predicted molar refractivity (Wildman–Crippen MR) is 66.9 cm³/mol. The van der Waals surface area contributed by atoms with Gasteiger partial charge in [0.05, 0.1) is 0 Å². The van der Waals surface area contributed by atoms with Crippen molar-refractivity contribution in [1.82, 2.24) is 5.32 Å². The maximum absolute atomic E-state index is 5.65. The second-order valence-electron chi connectivity index (χ2n) is 2.95. The van der Waals surface area contributed by atoms with Crippen LogP contribution in [0.2, 0.25) is 0 Å². The molecule has 74 valence electrons. The summed E-state index contributed by atoms with van der Waals surface area (Å²) in [5, 5.41) is 3.31. The van der Waals surface area contributed by atoms with E-state index in [4.69, 9.17) is 5.73 Å². The summed E-state index contributed by atoms with van der Waals surface area (Å²) in [7, 11) is 0. The molecule has 2 rings (SSSR count). The van der Waals surface area contributed by atoms with Gasteiger partial charge in [-0.25, -0.2) is 0 Å². The Labute approximate surface area is 99.4 Å². The maximum atomic E-state index is 5.65. The van der Waals surface area contributed by atoms with E-state index >= 15 is 0 Å². The molecule has 1 aromatic rings. The third-order valence-electron chi connectivity index (χ3n) is 2.12. The van der Waals surface area contributed by atoms with Crippen LogP contribution < -0.4 is 11.1 Å². The highest BCUT2D eigenvalue weighted by Crippen LogP contribution is 2.16. The summed E-state index contributed by atoms with van der Waals surface area (Å²) < 4.78 is 0. The smallest absolute Gasteiger partial charge is 0.0317 e. The van der Waals surface area contributed by atoms with Crippen molar-refractivity contribution in [3.05, 3.63) is 29.3 Å². The van der Waals surface area contributed by atoms with Gasteiger partial charge in [0.1, 0.15) is 0 Å². The predicted octanol–water partition coefficient (Wildman–Crippen LogP) is 2.07. The zero-order valence-electron chi connectivity index (χ0n) is 7.25. The number of hydrogen-bond acceptors (Lipinski definition) is 2. The van der Waals surface area contributed by atoms with Crippen molar-refractivity contribution in [2.75, 3.05) is 12.3 Å². The summed E-state index contributed by atoms with van der Waals surface area (Å²) in [6.45, 7) is 2.07. The number of hydrogen-bond donors (Lipinski definition) is 2. The minimum Gasteiger partial charge on any atom is -0.399 e. The summed E-state index contributed by atoms with van der Waals surface area (Å²) >= 11 is 0. The zero-order valence-corrected chi connectivity index (χ0v) is 10.7. The highest BCUT2D eigenvalue weighted by molar-refractivity contribution is 8.93. The minimum atomic E-state index is 0. The molecule has 0 unspecified atom stereocenters. The van der Waals surface area contributed by atoms with Crippen LogP contribution in [0.5, 0.6) is 0 Å². The number of benzene rings is 1. The molecule has 0 fully saturated rings. The fourth-order valence-electron chi connectivity index (χ4n) is 1.50. The number of anilines is 1. The number of halogens is 2. The molecule has 2 nitrogen and oxygen atoms in total. The van der Waals surface area contributed by atoms with E-state index in [1.54, 1.807) is 0 Å². The van der Waals surface area contributed by atoms with Crippen molar-refractivity contribution in [3.8, 4) is 0 Å². The Morgan fingerprint density at radius 3 is 2.69 bits per heavy atom. The third kappa shape index (κ3) is 2.97. The molecule has 13 heavy (non-hydrogen) atoms. The summed E-state index contributed by atoms with van der Waals surface area (Å²) in [5.74, 6) is 0. The van der Waals surface area contributed by atoms with Gasteiger partial charge < -0.3 is 11.1 Å². The van der Waals surface area contributed by atoms with Crippen molar-refractivity contribution in [3.63, 3.8) is 0 Å². The molecule has 0 aromatic heterocycles. The molecule has 1 aliphatic heterocycles. The Kier molecular flexibility index (Phi) is 5.60. The average molecular weight is 310 g/mol. The van der Waals surface area contributed by atoms with Gasteiger partial charge in [0.25, 0.3) is 0 Å². The molecule has 1 aromatic carbocycles. The Morgan fingerprint density at radius 2 is 1.92 bits per heavy atom. The quantitative estimate of drug-likeness (QED) is 0.720. The van der Waals surface area contributed by atoms with Crippen molar-refractivity contribution in [2.24, 2.45) is 0 Å². The summed E-state index contributed by atoms with van der Waals surface area (Å²) in [6.07, 6.45) is 1.13. The SMILES string of the molecule is Br.Br.Nc1ccc2c(c1)CNCC2. The van der Waals surface area contributed by atoms with Crippen LogP contribution in [0.4, 0.5) is 5.69 Å². The van der Waals surface area contributed by atoms with Crippen LogP contribution >= 0.6 is 34.0 Å². The average Bonchev–Trinajstić information content (AvgIpc) is 2.04. The monoisotopic (exact) mass is 308 g/mol. The van der Waals surface area contributed by atoms with Crippen LogP contribution in [-0.2, 0) is 13.0 Å². The number of nitrogen functional groups attached to an aromatic ring is 1. The van der Waals surface area contributed by atoms with E-state index in [-0.39, 0.29) is 34.0 Å². The van der Waals surface area contributed by atoms with E-state index in [1.807, 2.05) is 6.07 Å². The minimum absolute atomic E-state index is 0. The molecule has 0 spiro atoms. The molecule has 0 aliphatic carbocycles. The first-order chi connectivity index (χ1) is 5.36. The van der Waals surface area contributed by atoms with Crippen molar-refractivity contribution in [1.29, 1.82) is 0 Å². The Bertz CT molecular complexity index is 276. The fourth-order valence-corrected chi connectivity index (χ4v) is 1.50. The largest absolute Gasteiger partial charge is 0.399 e. The normalized spacial score (nSPS) is 13.5. The van der Waals surface area contributed by atoms with Gasteiger partial charge in [-0.15, -0.1) is 34.0 Å². The highest BCUT2D eigenvalue weighted by atomic mass is 79.9. The molecule has 0 saturated carbocycles. The lowest BCUT2D eigenvalue weighted by molar-refractivity contribution is 0.644. The van der Waals surface area contributed by atoms with E-state index in [2.05, 4.69) is 17.4 Å². The Morgan fingerprint density at radius 1 is 1.15 bits per heavy atom. The number of fused-ring (bicyclic) bond motifs is 1. The van der Waals surface area contributed by atoms with E-state index in [0.29, 0.717) is 0 Å². The highest BCUT2D eigenvalue weighted by Gasteiger charge is 2.06. The lowest BCUT2D eigenvalue weighted by Gasteiger charge is -2.16. The summed E-state index contributed by atoms with van der Waals surface area (Å²) in [5.41, 5.74) is 9.32. The van der Waals surface area contributed by atoms with Gasteiger partial charge in [-0.05, 0) is 36.2 Å². The molecule has 4 heteroatoms. The Balaban J connectivity index is 0.000000720. The van der Waals surface area contributed by atoms with E-state index in [1.165, 1.54) is 11.1 Å². The molecule has 0 bridgehead atoms. The van der Waals surface area contributed by atoms with Crippen LogP contribution in [0.15, 0.2) is 18.2 Å². The van der Waals surface area contributed by atoms with Gasteiger partial charge in [0.2, 0.25) is 0 Å². The Hall–Kier alpha value is -0.0600. The van der Waals surface area contributed by atoms with Gasteiger partial charge in [0.15, 0.2) is 0 Å². The second kappa shape index (κ2) is 5.62. The number of nitrogens with two attached hydrogens (primary N) is 1. The molecule has 1 heterocycles. The van der Waals surface area contributed by atoms with Crippen LogP contribution in [0, 0.1) is 0 Å². The molecular formula is C9H14Br2N2. The zero-order chi connectivity index (χ0) is 7.68. The van der Waals surface area contributed by atoms with Crippen LogP contribution in [0.25, 0.3) is 0 Å². The third-order valence-corrected chi connectivity index (χ3v) is 2.12. The maximum Gasteiger partial charge on any atom is 0.0317 e. The lowest BCUT2D eigenvalue weighted by Crippen LogP contribution is -2.23. The van der Waals surface area contributed by atoms with Crippen LogP contribution in [0.1, 0.15) is 11.1 Å². The number of nitrogens with one attached hydrogen (secondary N) is 1. The van der Waals surface area contributed by atoms with Gasteiger partial charge in [-0.3, -0.25) is 0 Å². The van der Waals surface area contributed by atoms with Crippen LogP contribution in [-0.4, -0.2) is 6.54 Å². The summed E-state index contributed by atoms with van der Waals surface area (Å²) in [4.78, 5) is 0. The van der Waals surface area contributed by atoms with Gasteiger partial charge in [-0.2, -0.15) is 0 Å². The molecular weight excluding hydrogens is 296 g/mol. The summed E-state index contributed by atoms with van der Waals surface area (Å²) in [6, 6.07) is 6.16. The van der Waals surface area contributed by atoms with Gasteiger partial charge >= 0.3 is 0 Å². The number of rotatable bonds is 0. The fraction of sp³-hybridized carbons (Fsp3) is 0.333. The van der Waals surface area contributed by atoms with Gasteiger partial charge in [-0.1, -0.05) is 6.07 Å². The van der Waals surface area contributed by atoms with Crippen molar-refractivity contribution in [2.45, 2.75) is 13.0 Å². The van der Waals surface area contributed by atoms with E-state index in [0.717, 1.165) is 25.2 Å². The first-order valence-corrected chi connectivity index (χ1v) is 3.94. The molecule has 0 radical (unpaired) electrons. The first kappa shape index (κ1) is 12.9. The first-order valence-electron chi connectivity index (χ1n) is 3.94. The van der Waals surface area contributed by atoms with Crippen molar-refractivity contribution >= 4 is 39.7 Å². The van der Waals surface area contributed by atoms with Gasteiger partial charge in [0, 0.05) is 12.2 Å².